The molecule has 2 aromatic heterocycles. The van der Waals surface area contributed by atoms with Crippen molar-refractivity contribution in [3.05, 3.63) is 53.1 Å². The Morgan fingerprint density at radius 3 is 2.96 bits per heavy atom. The molecule has 0 radical (unpaired) electrons. The van der Waals surface area contributed by atoms with Crippen molar-refractivity contribution in [2.75, 3.05) is 11.9 Å². The molecule has 0 saturated carbocycles. The fraction of sp³-hybridized carbons (Fsp3) is 0.222. The van der Waals surface area contributed by atoms with Crippen LogP contribution >= 0.6 is 11.3 Å². The van der Waals surface area contributed by atoms with Crippen molar-refractivity contribution in [2.24, 2.45) is 0 Å². The molecule has 0 bridgehead atoms. The van der Waals surface area contributed by atoms with Crippen molar-refractivity contribution in [3.8, 4) is 11.4 Å². The quantitative estimate of drug-likeness (QED) is 0.481. The fourth-order valence-corrected chi connectivity index (χ4v) is 3.29. The largest absolute Gasteiger partial charge is 0.457 e. The van der Waals surface area contributed by atoms with Crippen LogP contribution in [0, 0.1) is 6.92 Å². The Morgan fingerprint density at radius 2 is 2.21 bits per heavy atom. The van der Waals surface area contributed by atoms with Crippen LogP contribution in [0.2, 0.25) is 0 Å². The van der Waals surface area contributed by atoms with Crippen molar-refractivity contribution < 1.29 is 14.3 Å². The van der Waals surface area contributed by atoms with Gasteiger partial charge in [-0.1, -0.05) is 36.1 Å². The number of aromatic nitrogens is 5. The van der Waals surface area contributed by atoms with Gasteiger partial charge in [0, 0.05) is 17.7 Å². The van der Waals surface area contributed by atoms with E-state index >= 15 is 0 Å². The number of anilines is 1. The highest BCUT2D eigenvalue weighted by Gasteiger charge is 2.18. The molecule has 28 heavy (non-hydrogen) atoms. The van der Waals surface area contributed by atoms with Crippen LogP contribution in [0.25, 0.3) is 11.4 Å². The number of rotatable bonds is 7. The topological polar surface area (TPSA) is 112 Å². The maximum atomic E-state index is 12.6. The summed E-state index contributed by atoms with van der Waals surface area (Å²) in [5.41, 5.74) is 1.64. The third kappa shape index (κ3) is 4.12. The van der Waals surface area contributed by atoms with Gasteiger partial charge in [-0.3, -0.25) is 10.1 Å². The molecule has 2 heterocycles. The van der Waals surface area contributed by atoms with Crippen molar-refractivity contribution in [3.63, 3.8) is 0 Å². The van der Waals surface area contributed by atoms with Gasteiger partial charge < -0.3 is 4.74 Å². The molecule has 0 unspecified atom stereocenters. The second-order valence-electron chi connectivity index (χ2n) is 5.67. The van der Waals surface area contributed by atoms with E-state index in [9.17, 15) is 9.59 Å². The molecule has 3 aromatic rings. The Kier molecular flexibility index (Phi) is 5.90. The number of nitrogens with zero attached hydrogens (tertiary/aromatic N) is 5. The highest BCUT2D eigenvalue weighted by atomic mass is 32.1. The first kappa shape index (κ1) is 19.4. The second-order valence-corrected chi connectivity index (χ2v) is 6.67. The summed E-state index contributed by atoms with van der Waals surface area (Å²) in [5, 5.41) is 14.6. The maximum absolute atomic E-state index is 12.6. The van der Waals surface area contributed by atoms with Crippen LogP contribution in [0.5, 0.6) is 0 Å². The van der Waals surface area contributed by atoms with Crippen molar-refractivity contribution in [1.29, 1.82) is 0 Å². The zero-order valence-corrected chi connectivity index (χ0v) is 16.2. The Balaban J connectivity index is 1.78. The molecule has 9 nitrogen and oxygen atoms in total. The van der Waals surface area contributed by atoms with Crippen LogP contribution in [0.1, 0.15) is 32.6 Å². The lowest BCUT2D eigenvalue weighted by molar-refractivity contribution is 0.0554. The lowest BCUT2D eigenvalue weighted by atomic mass is 10.1. The number of aryl methyl sites for hydroxylation is 2. The Hall–Kier alpha value is -3.40. The predicted octanol–water partition coefficient (Wildman–Crippen LogP) is 2.72. The molecule has 0 saturated heterocycles. The molecule has 0 aliphatic rings. The summed E-state index contributed by atoms with van der Waals surface area (Å²) in [6.07, 6.45) is 1.48. The molecule has 10 heteroatoms. The van der Waals surface area contributed by atoms with Gasteiger partial charge in [-0.25, -0.2) is 14.5 Å². The molecular weight excluding hydrogens is 380 g/mol. The summed E-state index contributed by atoms with van der Waals surface area (Å²) in [7, 11) is 0. The number of ether oxygens (including phenoxy) is 1. The van der Waals surface area contributed by atoms with E-state index in [1.165, 1.54) is 6.08 Å². The Labute approximate surface area is 165 Å². The van der Waals surface area contributed by atoms with Crippen LogP contribution < -0.4 is 5.32 Å². The normalized spacial score (nSPS) is 10.5. The summed E-state index contributed by atoms with van der Waals surface area (Å²) in [5.74, 6) is -0.268. The molecule has 1 amide bonds. The van der Waals surface area contributed by atoms with Gasteiger partial charge in [0.25, 0.3) is 5.91 Å². The lowest BCUT2D eigenvalue weighted by Crippen LogP contribution is -2.12. The van der Waals surface area contributed by atoms with E-state index in [4.69, 9.17) is 4.74 Å². The SMILES string of the molecule is C=CCOC(=O)c1sc(NC(=O)c2cccc(-c3nnnn3CC)c2)nc1C. The third-order valence-corrected chi connectivity index (χ3v) is 4.80. The van der Waals surface area contributed by atoms with E-state index in [2.05, 4.69) is 32.4 Å². The van der Waals surface area contributed by atoms with E-state index < -0.39 is 5.97 Å². The summed E-state index contributed by atoms with van der Waals surface area (Å²) < 4.78 is 6.66. The average molecular weight is 398 g/mol. The first-order valence-electron chi connectivity index (χ1n) is 8.46. The van der Waals surface area contributed by atoms with Gasteiger partial charge in [0.2, 0.25) is 0 Å². The monoisotopic (exact) mass is 398 g/mol. The minimum Gasteiger partial charge on any atom is -0.457 e. The number of nitrogens with one attached hydrogen (secondary N) is 1. The number of amides is 1. The van der Waals surface area contributed by atoms with Crippen LogP contribution in [0.4, 0.5) is 5.13 Å². The molecule has 1 N–H and O–H groups in total. The number of benzene rings is 1. The summed E-state index contributed by atoms with van der Waals surface area (Å²) in [6.45, 7) is 7.84. The minimum atomic E-state index is -0.496. The molecule has 3 rings (SSSR count). The molecule has 0 fully saturated rings. The highest BCUT2D eigenvalue weighted by molar-refractivity contribution is 7.17. The zero-order valence-electron chi connectivity index (χ0n) is 15.4. The lowest BCUT2D eigenvalue weighted by Gasteiger charge is -2.05. The molecule has 0 aliphatic carbocycles. The van der Waals surface area contributed by atoms with Gasteiger partial charge in [0.1, 0.15) is 11.5 Å². The number of carbonyl (C=O) groups excluding carboxylic acids is 2. The second kappa shape index (κ2) is 8.53. The first-order chi connectivity index (χ1) is 13.5. The average Bonchev–Trinajstić information content (AvgIpc) is 3.32. The first-order valence-corrected chi connectivity index (χ1v) is 9.28. The summed E-state index contributed by atoms with van der Waals surface area (Å²) >= 11 is 1.06. The number of carbonyl (C=O) groups is 2. The fourth-order valence-electron chi connectivity index (χ4n) is 2.43. The van der Waals surface area contributed by atoms with Crippen molar-refractivity contribution in [2.45, 2.75) is 20.4 Å². The maximum Gasteiger partial charge on any atom is 0.350 e. The molecule has 0 spiro atoms. The third-order valence-electron chi connectivity index (χ3n) is 3.75. The molecule has 0 aliphatic heterocycles. The number of hydrogen-bond acceptors (Lipinski definition) is 8. The van der Waals surface area contributed by atoms with Crippen LogP contribution in [0.3, 0.4) is 0 Å². The Bertz CT molecular complexity index is 1030. The molecular formula is C18H18N6O3S. The molecule has 0 atom stereocenters. The zero-order chi connectivity index (χ0) is 20.1. The van der Waals surface area contributed by atoms with Crippen LogP contribution in [-0.2, 0) is 11.3 Å². The van der Waals surface area contributed by atoms with Gasteiger partial charge in [-0.15, -0.1) is 5.10 Å². The summed E-state index contributed by atoms with van der Waals surface area (Å²) in [6, 6.07) is 6.96. The van der Waals surface area contributed by atoms with Gasteiger partial charge in [0.15, 0.2) is 11.0 Å². The number of esters is 1. The van der Waals surface area contributed by atoms with Crippen molar-refractivity contribution in [1.82, 2.24) is 25.2 Å². The smallest absolute Gasteiger partial charge is 0.350 e. The van der Waals surface area contributed by atoms with E-state index in [0.29, 0.717) is 33.6 Å². The molecule has 144 valence electrons. The minimum absolute atomic E-state index is 0.113. The number of tetrazole rings is 1. The van der Waals surface area contributed by atoms with E-state index in [-0.39, 0.29) is 12.5 Å². The predicted molar refractivity (Wildman–Crippen MR) is 104 cm³/mol. The van der Waals surface area contributed by atoms with Gasteiger partial charge in [0.05, 0.1) is 5.69 Å². The standard InChI is InChI=1S/C18H18N6O3S/c1-4-9-27-17(26)14-11(3)19-18(28-14)20-16(25)13-8-6-7-12(10-13)15-21-22-23-24(15)5-2/h4,6-8,10H,1,5,9H2,2-3H3,(H,19,20,25). The van der Waals surface area contributed by atoms with Crippen LogP contribution in [0.15, 0.2) is 36.9 Å². The van der Waals surface area contributed by atoms with Crippen molar-refractivity contribution >= 4 is 28.3 Å². The van der Waals surface area contributed by atoms with Crippen LogP contribution in [-0.4, -0.2) is 43.7 Å². The van der Waals surface area contributed by atoms with E-state index in [0.717, 1.165) is 16.9 Å². The Morgan fingerprint density at radius 1 is 1.39 bits per heavy atom. The van der Waals surface area contributed by atoms with Gasteiger partial charge in [-0.05, 0) is 36.4 Å². The number of hydrogen-bond donors (Lipinski definition) is 1. The molecule has 1 aromatic carbocycles. The van der Waals surface area contributed by atoms with E-state index in [1.807, 2.05) is 13.0 Å². The number of thiazole rings is 1. The van der Waals surface area contributed by atoms with Gasteiger partial charge in [-0.2, -0.15) is 0 Å². The van der Waals surface area contributed by atoms with Gasteiger partial charge >= 0.3 is 5.97 Å². The highest BCUT2D eigenvalue weighted by Crippen LogP contribution is 2.24. The summed E-state index contributed by atoms with van der Waals surface area (Å²) in [4.78, 5) is 29.2. The van der Waals surface area contributed by atoms with E-state index in [1.54, 1.807) is 29.8 Å².